The molecule has 0 bridgehead atoms. The van der Waals surface area contributed by atoms with Crippen LogP contribution in [0.2, 0.25) is 0 Å². The van der Waals surface area contributed by atoms with Crippen molar-refractivity contribution in [2.75, 3.05) is 31.2 Å². The van der Waals surface area contributed by atoms with Crippen LogP contribution in [0.4, 0.5) is 5.82 Å². The zero-order chi connectivity index (χ0) is 20.8. The molecule has 9 heteroatoms. The lowest BCUT2D eigenvalue weighted by Gasteiger charge is -2.28. The number of benzene rings is 1. The van der Waals surface area contributed by atoms with Gasteiger partial charge in [-0.25, -0.2) is 9.97 Å². The van der Waals surface area contributed by atoms with Crippen molar-refractivity contribution in [2.24, 2.45) is 7.05 Å². The van der Waals surface area contributed by atoms with E-state index in [4.69, 9.17) is 19.7 Å². The molecule has 4 aromatic rings. The van der Waals surface area contributed by atoms with Gasteiger partial charge in [-0.05, 0) is 12.1 Å². The quantitative estimate of drug-likeness (QED) is 0.481. The highest BCUT2D eigenvalue weighted by molar-refractivity contribution is 5.96. The average molecular weight is 405 g/mol. The smallest absolute Gasteiger partial charge is 0.239 e. The van der Waals surface area contributed by atoms with Crippen molar-refractivity contribution >= 4 is 33.8 Å². The number of aromatic nitrogens is 6. The van der Waals surface area contributed by atoms with Gasteiger partial charge in [-0.2, -0.15) is 9.97 Å². The third-order valence-corrected chi connectivity index (χ3v) is 5.46. The van der Waals surface area contributed by atoms with Gasteiger partial charge in [0.1, 0.15) is 5.82 Å². The van der Waals surface area contributed by atoms with Gasteiger partial charge in [0, 0.05) is 33.5 Å². The number of hydrogen-bond donors (Lipinski definition) is 0. The number of imidazole rings is 2. The number of carbonyl (C=O) groups excluding carboxylic acids is 1. The fourth-order valence-corrected chi connectivity index (χ4v) is 3.98. The van der Waals surface area contributed by atoms with E-state index >= 15 is 0 Å². The molecule has 0 spiro atoms. The van der Waals surface area contributed by atoms with Crippen molar-refractivity contribution in [1.29, 1.82) is 0 Å². The van der Waals surface area contributed by atoms with E-state index in [0.29, 0.717) is 49.2 Å². The lowest BCUT2D eigenvalue weighted by molar-refractivity contribution is 0.100. The molecule has 1 aromatic carbocycles. The van der Waals surface area contributed by atoms with Gasteiger partial charge in [0.05, 0.1) is 24.2 Å². The van der Waals surface area contributed by atoms with Gasteiger partial charge in [0.25, 0.3) is 0 Å². The number of para-hydroxylation sites is 2. The standard InChI is InChI=1S/C21H23N7O2/c1-4-16-22-14-7-5-6-8-15(14)28(16)21-24-19-17(23-18(13(2)29)26(19)3)20(25-21)27-9-11-30-12-10-27/h5-8H,4,9-12H2,1-3H3. The molecule has 0 N–H and O–H groups in total. The number of carbonyl (C=O) groups is 1. The predicted octanol–water partition coefficient (Wildman–Crippen LogP) is 2.30. The Labute approximate surface area is 173 Å². The van der Waals surface area contributed by atoms with Gasteiger partial charge in [-0.3, -0.25) is 9.36 Å². The molecule has 4 heterocycles. The summed E-state index contributed by atoms with van der Waals surface area (Å²) in [6.07, 6.45) is 0.743. The fourth-order valence-electron chi connectivity index (χ4n) is 3.98. The average Bonchev–Trinajstić information content (AvgIpc) is 3.31. The number of ketones is 1. The molecule has 1 fully saturated rings. The summed E-state index contributed by atoms with van der Waals surface area (Å²) < 4.78 is 9.26. The van der Waals surface area contributed by atoms with E-state index in [1.807, 2.05) is 35.9 Å². The van der Waals surface area contributed by atoms with Gasteiger partial charge >= 0.3 is 0 Å². The highest BCUT2D eigenvalue weighted by Crippen LogP contribution is 2.28. The van der Waals surface area contributed by atoms with Gasteiger partial charge < -0.3 is 14.2 Å². The molecular weight excluding hydrogens is 382 g/mol. The number of nitrogens with zero attached hydrogens (tertiary/aromatic N) is 7. The number of rotatable bonds is 4. The van der Waals surface area contributed by atoms with Crippen molar-refractivity contribution in [2.45, 2.75) is 20.3 Å². The first-order valence-electron chi connectivity index (χ1n) is 10.1. The van der Waals surface area contributed by atoms with Crippen LogP contribution < -0.4 is 4.90 Å². The van der Waals surface area contributed by atoms with E-state index in [9.17, 15) is 4.79 Å². The molecule has 0 unspecified atom stereocenters. The van der Waals surface area contributed by atoms with Crippen LogP contribution in [0, 0.1) is 0 Å². The Morgan fingerprint density at radius 3 is 2.60 bits per heavy atom. The van der Waals surface area contributed by atoms with Crippen LogP contribution in [-0.2, 0) is 18.2 Å². The maximum absolute atomic E-state index is 12.1. The topological polar surface area (TPSA) is 91.0 Å². The van der Waals surface area contributed by atoms with E-state index in [0.717, 1.165) is 29.1 Å². The monoisotopic (exact) mass is 405 g/mol. The molecule has 0 saturated carbocycles. The van der Waals surface area contributed by atoms with Gasteiger partial charge in [-0.15, -0.1) is 0 Å². The van der Waals surface area contributed by atoms with Crippen LogP contribution in [0.5, 0.6) is 0 Å². The van der Waals surface area contributed by atoms with Gasteiger partial charge in [-0.1, -0.05) is 19.1 Å². The minimum atomic E-state index is -0.104. The first-order valence-corrected chi connectivity index (χ1v) is 10.1. The molecule has 1 aliphatic rings. The first kappa shape index (κ1) is 18.7. The number of fused-ring (bicyclic) bond motifs is 2. The third-order valence-electron chi connectivity index (χ3n) is 5.46. The molecule has 0 radical (unpaired) electrons. The number of anilines is 1. The molecule has 0 aliphatic carbocycles. The summed E-state index contributed by atoms with van der Waals surface area (Å²) in [5, 5.41) is 0. The van der Waals surface area contributed by atoms with Crippen LogP contribution in [0.15, 0.2) is 24.3 Å². The van der Waals surface area contributed by atoms with Crippen LogP contribution >= 0.6 is 0 Å². The SMILES string of the molecule is CCc1nc2ccccc2n1-c1nc(N2CCOCC2)c2nc(C(C)=O)n(C)c2n1. The van der Waals surface area contributed by atoms with Crippen molar-refractivity contribution in [1.82, 2.24) is 29.1 Å². The number of morpholine rings is 1. The highest BCUT2D eigenvalue weighted by Gasteiger charge is 2.25. The Morgan fingerprint density at radius 2 is 1.87 bits per heavy atom. The number of ether oxygens (including phenoxy) is 1. The summed E-state index contributed by atoms with van der Waals surface area (Å²) in [7, 11) is 1.82. The Hall–Kier alpha value is -3.33. The Kier molecular flexibility index (Phi) is 4.47. The molecule has 0 atom stereocenters. The van der Waals surface area contributed by atoms with Crippen LogP contribution in [0.3, 0.4) is 0 Å². The zero-order valence-corrected chi connectivity index (χ0v) is 17.3. The first-order chi connectivity index (χ1) is 14.6. The molecule has 5 rings (SSSR count). The largest absolute Gasteiger partial charge is 0.378 e. The van der Waals surface area contributed by atoms with Crippen molar-refractivity contribution in [3.8, 4) is 5.95 Å². The van der Waals surface area contributed by atoms with E-state index in [-0.39, 0.29) is 5.78 Å². The van der Waals surface area contributed by atoms with Crippen LogP contribution in [0.25, 0.3) is 28.1 Å². The molecule has 154 valence electrons. The number of Topliss-reactive ketones (excluding diaryl/α,β-unsaturated/α-hetero) is 1. The van der Waals surface area contributed by atoms with E-state index in [1.165, 1.54) is 6.92 Å². The Balaban J connectivity index is 1.82. The van der Waals surface area contributed by atoms with E-state index in [2.05, 4.69) is 16.8 Å². The fraction of sp³-hybridized carbons (Fsp3) is 0.381. The summed E-state index contributed by atoms with van der Waals surface area (Å²) >= 11 is 0. The molecule has 0 amide bonds. The molecule has 1 aliphatic heterocycles. The predicted molar refractivity (Wildman–Crippen MR) is 113 cm³/mol. The lowest BCUT2D eigenvalue weighted by Crippen LogP contribution is -2.37. The van der Waals surface area contributed by atoms with Crippen molar-refractivity contribution < 1.29 is 9.53 Å². The molecule has 30 heavy (non-hydrogen) atoms. The second-order valence-electron chi connectivity index (χ2n) is 7.38. The Bertz CT molecular complexity index is 1270. The van der Waals surface area contributed by atoms with Crippen LogP contribution in [-0.4, -0.2) is 61.2 Å². The molecular formula is C21H23N7O2. The lowest BCUT2D eigenvalue weighted by atomic mass is 10.3. The third kappa shape index (κ3) is 2.85. The summed E-state index contributed by atoms with van der Waals surface area (Å²) in [5.74, 6) is 2.41. The summed E-state index contributed by atoms with van der Waals surface area (Å²) in [5.41, 5.74) is 3.12. The minimum absolute atomic E-state index is 0.104. The number of aryl methyl sites for hydroxylation is 2. The molecule has 1 saturated heterocycles. The van der Waals surface area contributed by atoms with E-state index in [1.54, 1.807) is 4.57 Å². The normalized spacial score (nSPS) is 14.7. The van der Waals surface area contributed by atoms with Gasteiger partial charge in [0.15, 0.2) is 28.6 Å². The summed E-state index contributed by atoms with van der Waals surface area (Å²) in [6.45, 7) is 6.26. The maximum Gasteiger partial charge on any atom is 0.239 e. The molecule has 3 aromatic heterocycles. The van der Waals surface area contributed by atoms with Gasteiger partial charge in [0.2, 0.25) is 5.95 Å². The second kappa shape index (κ2) is 7.17. The maximum atomic E-state index is 12.1. The Morgan fingerprint density at radius 1 is 1.10 bits per heavy atom. The van der Waals surface area contributed by atoms with Crippen LogP contribution in [0.1, 0.15) is 30.3 Å². The zero-order valence-electron chi connectivity index (χ0n) is 17.3. The highest BCUT2D eigenvalue weighted by atomic mass is 16.5. The summed E-state index contributed by atoms with van der Waals surface area (Å²) in [4.78, 5) is 33.4. The minimum Gasteiger partial charge on any atom is -0.378 e. The summed E-state index contributed by atoms with van der Waals surface area (Å²) in [6, 6.07) is 7.97. The second-order valence-corrected chi connectivity index (χ2v) is 7.38. The number of hydrogen-bond acceptors (Lipinski definition) is 7. The molecule has 9 nitrogen and oxygen atoms in total. The van der Waals surface area contributed by atoms with Crippen molar-refractivity contribution in [3.05, 3.63) is 35.9 Å². The van der Waals surface area contributed by atoms with E-state index < -0.39 is 0 Å². The van der Waals surface area contributed by atoms with Crippen molar-refractivity contribution in [3.63, 3.8) is 0 Å².